The fourth-order valence-corrected chi connectivity index (χ4v) is 2.06. The molecule has 1 fully saturated rings. The SMILES string of the molecule is NC1(c2cnccc2-c2ccccc2)CC1. The van der Waals surface area contributed by atoms with E-state index in [2.05, 4.69) is 35.3 Å². The van der Waals surface area contributed by atoms with Crippen LogP contribution in [-0.4, -0.2) is 4.98 Å². The van der Waals surface area contributed by atoms with E-state index in [1.54, 1.807) is 0 Å². The summed E-state index contributed by atoms with van der Waals surface area (Å²) in [5.41, 5.74) is 9.76. The lowest BCUT2D eigenvalue weighted by Crippen LogP contribution is -2.19. The number of nitrogens with two attached hydrogens (primary N) is 1. The second-order valence-electron chi connectivity index (χ2n) is 4.44. The van der Waals surface area contributed by atoms with E-state index in [0.29, 0.717) is 0 Å². The maximum atomic E-state index is 6.27. The first-order valence-corrected chi connectivity index (χ1v) is 5.58. The van der Waals surface area contributed by atoms with Crippen LogP contribution in [0.25, 0.3) is 11.1 Å². The second kappa shape index (κ2) is 3.42. The number of rotatable bonds is 2. The van der Waals surface area contributed by atoms with Gasteiger partial charge < -0.3 is 5.73 Å². The van der Waals surface area contributed by atoms with E-state index < -0.39 is 0 Å². The highest BCUT2D eigenvalue weighted by Crippen LogP contribution is 2.45. The summed E-state index contributed by atoms with van der Waals surface area (Å²) >= 11 is 0. The van der Waals surface area contributed by atoms with Gasteiger partial charge in [-0.3, -0.25) is 4.98 Å². The van der Waals surface area contributed by atoms with Crippen LogP contribution in [0.5, 0.6) is 0 Å². The molecule has 1 saturated carbocycles. The van der Waals surface area contributed by atoms with E-state index in [0.717, 1.165) is 12.8 Å². The first-order chi connectivity index (χ1) is 7.80. The molecular formula is C14H14N2. The lowest BCUT2D eigenvalue weighted by atomic mass is 9.96. The molecule has 0 unspecified atom stereocenters. The molecule has 0 amide bonds. The van der Waals surface area contributed by atoms with Crippen molar-refractivity contribution in [3.05, 3.63) is 54.4 Å². The predicted octanol–water partition coefficient (Wildman–Crippen LogP) is 2.70. The minimum atomic E-state index is -0.126. The molecular weight excluding hydrogens is 196 g/mol. The Kier molecular flexibility index (Phi) is 2.04. The van der Waals surface area contributed by atoms with E-state index in [9.17, 15) is 0 Å². The summed E-state index contributed by atoms with van der Waals surface area (Å²) in [7, 11) is 0. The standard InChI is InChI=1S/C14H14N2/c15-14(7-8-14)13-10-16-9-6-12(13)11-4-2-1-3-5-11/h1-6,9-10H,7-8,15H2. The monoisotopic (exact) mass is 210 g/mol. The highest BCUT2D eigenvalue weighted by molar-refractivity contribution is 5.68. The third-order valence-corrected chi connectivity index (χ3v) is 3.23. The van der Waals surface area contributed by atoms with Crippen molar-refractivity contribution in [2.24, 2.45) is 5.73 Å². The van der Waals surface area contributed by atoms with Crippen molar-refractivity contribution >= 4 is 0 Å². The fraction of sp³-hybridized carbons (Fsp3) is 0.214. The summed E-state index contributed by atoms with van der Waals surface area (Å²) in [6, 6.07) is 12.4. The molecule has 16 heavy (non-hydrogen) atoms. The van der Waals surface area contributed by atoms with Crippen LogP contribution in [0, 0.1) is 0 Å². The highest BCUT2D eigenvalue weighted by Gasteiger charge is 2.41. The summed E-state index contributed by atoms with van der Waals surface area (Å²) in [5, 5.41) is 0. The van der Waals surface area contributed by atoms with Crippen molar-refractivity contribution < 1.29 is 0 Å². The third kappa shape index (κ3) is 1.51. The molecule has 2 aromatic rings. The molecule has 2 nitrogen and oxygen atoms in total. The molecule has 1 aromatic carbocycles. The molecule has 2 N–H and O–H groups in total. The Bertz CT molecular complexity index is 501. The minimum Gasteiger partial charge on any atom is -0.321 e. The first-order valence-electron chi connectivity index (χ1n) is 5.58. The molecule has 0 radical (unpaired) electrons. The Morgan fingerprint density at radius 1 is 1.06 bits per heavy atom. The average molecular weight is 210 g/mol. The van der Waals surface area contributed by atoms with Gasteiger partial charge >= 0.3 is 0 Å². The molecule has 1 aliphatic carbocycles. The summed E-state index contributed by atoms with van der Waals surface area (Å²) in [4.78, 5) is 4.20. The number of nitrogens with zero attached hydrogens (tertiary/aromatic N) is 1. The number of pyridine rings is 1. The van der Waals surface area contributed by atoms with Crippen LogP contribution >= 0.6 is 0 Å². The Morgan fingerprint density at radius 2 is 1.81 bits per heavy atom. The number of aromatic nitrogens is 1. The summed E-state index contributed by atoms with van der Waals surface area (Å²) in [6.07, 6.45) is 5.88. The van der Waals surface area contributed by atoms with Crippen LogP contribution in [0.3, 0.4) is 0 Å². The Labute approximate surface area is 95.1 Å². The molecule has 0 saturated heterocycles. The largest absolute Gasteiger partial charge is 0.321 e. The lowest BCUT2D eigenvalue weighted by molar-refractivity contribution is 0.737. The van der Waals surface area contributed by atoms with E-state index in [4.69, 9.17) is 5.73 Å². The predicted molar refractivity (Wildman–Crippen MR) is 64.8 cm³/mol. The lowest BCUT2D eigenvalue weighted by Gasteiger charge is -2.14. The van der Waals surface area contributed by atoms with Crippen LogP contribution < -0.4 is 5.73 Å². The zero-order chi connectivity index (χ0) is 11.0. The van der Waals surface area contributed by atoms with Crippen LogP contribution in [0.1, 0.15) is 18.4 Å². The van der Waals surface area contributed by atoms with Gasteiger partial charge in [-0.2, -0.15) is 0 Å². The third-order valence-electron chi connectivity index (χ3n) is 3.23. The zero-order valence-electron chi connectivity index (χ0n) is 9.06. The number of hydrogen-bond donors (Lipinski definition) is 1. The van der Waals surface area contributed by atoms with E-state index in [1.165, 1.54) is 16.7 Å². The summed E-state index contributed by atoms with van der Waals surface area (Å²) in [6.45, 7) is 0. The van der Waals surface area contributed by atoms with Crippen molar-refractivity contribution in [2.75, 3.05) is 0 Å². The average Bonchev–Trinajstić information content (AvgIpc) is 3.10. The van der Waals surface area contributed by atoms with Crippen LogP contribution in [-0.2, 0) is 5.54 Å². The molecule has 0 aliphatic heterocycles. The summed E-state index contributed by atoms with van der Waals surface area (Å²) < 4.78 is 0. The van der Waals surface area contributed by atoms with Crippen LogP contribution in [0.2, 0.25) is 0 Å². The van der Waals surface area contributed by atoms with Gasteiger partial charge in [-0.05, 0) is 35.6 Å². The van der Waals surface area contributed by atoms with Gasteiger partial charge in [-0.25, -0.2) is 0 Å². The Hall–Kier alpha value is -1.67. The van der Waals surface area contributed by atoms with Crippen LogP contribution in [0.4, 0.5) is 0 Å². The molecule has 1 aromatic heterocycles. The summed E-state index contributed by atoms with van der Waals surface area (Å²) in [5.74, 6) is 0. The van der Waals surface area contributed by atoms with Gasteiger partial charge in [-0.15, -0.1) is 0 Å². The van der Waals surface area contributed by atoms with Gasteiger partial charge in [0, 0.05) is 17.9 Å². The van der Waals surface area contributed by atoms with Gasteiger partial charge in [0.1, 0.15) is 0 Å². The van der Waals surface area contributed by atoms with Crippen molar-refractivity contribution in [2.45, 2.75) is 18.4 Å². The molecule has 0 bridgehead atoms. The van der Waals surface area contributed by atoms with Crippen molar-refractivity contribution in [1.82, 2.24) is 4.98 Å². The number of benzene rings is 1. The highest BCUT2D eigenvalue weighted by atomic mass is 14.8. The smallest absolute Gasteiger partial charge is 0.0432 e. The van der Waals surface area contributed by atoms with Gasteiger partial charge in [0.05, 0.1) is 0 Å². The molecule has 0 atom stereocenters. The molecule has 3 rings (SSSR count). The molecule has 0 spiro atoms. The Balaban J connectivity index is 2.14. The maximum absolute atomic E-state index is 6.27. The Morgan fingerprint density at radius 3 is 2.50 bits per heavy atom. The topological polar surface area (TPSA) is 38.9 Å². The molecule has 80 valence electrons. The fourth-order valence-electron chi connectivity index (χ4n) is 2.06. The van der Waals surface area contributed by atoms with E-state index in [-0.39, 0.29) is 5.54 Å². The first kappa shape index (κ1) is 9.55. The van der Waals surface area contributed by atoms with Crippen molar-refractivity contribution in [3.63, 3.8) is 0 Å². The molecule has 2 heteroatoms. The quantitative estimate of drug-likeness (QED) is 0.827. The van der Waals surface area contributed by atoms with Crippen molar-refractivity contribution in [1.29, 1.82) is 0 Å². The van der Waals surface area contributed by atoms with Gasteiger partial charge in [-0.1, -0.05) is 30.3 Å². The van der Waals surface area contributed by atoms with Gasteiger partial charge in [0.2, 0.25) is 0 Å². The normalized spacial score (nSPS) is 17.1. The molecule has 1 heterocycles. The number of hydrogen-bond acceptors (Lipinski definition) is 2. The van der Waals surface area contributed by atoms with E-state index in [1.807, 2.05) is 18.5 Å². The molecule has 1 aliphatic rings. The second-order valence-corrected chi connectivity index (χ2v) is 4.44. The van der Waals surface area contributed by atoms with E-state index >= 15 is 0 Å². The van der Waals surface area contributed by atoms with Crippen molar-refractivity contribution in [3.8, 4) is 11.1 Å². The van der Waals surface area contributed by atoms with Gasteiger partial charge in [0.25, 0.3) is 0 Å². The zero-order valence-corrected chi connectivity index (χ0v) is 9.06. The van der Waals surface area contributed by atoms with Crippen LogP contribution in [0.15, 0.2) is 48.8 Å². The maximum Gasteiger partial charge on any atom is 0.0432 e. The van der Waals surface area contributed by atoms with Gasteiger partial charge in [0.15, 0.2) is 0 Å². The minimum absolute atomic E-state index is 0.126.